The number of carbonyl (C=O) groups excluding carboxylic acids is 1. The molecule has 0 saturated carbocycles. The van der Waals surface area contributed by atoms with E-state index in [1.807, 2.05) is 6.92 Å². The number of urea groups is 1. The first-order valence-corrected chi connectivity index (χ1v) is 7.60. The molecule has 1 aliphatic rings. The molecule has 6 nitrogen and oxygen atoms in total. The van der Waals surface area contributed by atoms with Gasteiger partial charge < -0.3 is 4.90 Å². The third-order valence-electron chi connectivity index (χ3n) is 3.68. The first-order valence-electron chi connectivity index (χ1n) is 6.79. The Bertz CT molecular complexity index is 709. The molecular weight excluding hydrogens is 319 g/mol. The van der Waals surface area contributed by atoms with E-state index in [4.69, 9.17) is 0 Å². The van der Waals surface area contributed by atoms with Gasteiger partial charge in [-0.25, -0.2) is 9.78 Å². The number of halogens is 3. The number of carbonyl (C=O) groups is 1. The van der Waals surface area contributed by atoms with Gasteiger partial charge >= 0.3 is 12.2 Å². The topological polar surface area (TPSA) is 53.7 Å². The lowest BCUT2D eigenvalue weighted by atomic mass is 10.1. The SMILES string of the molecule is CCCC1CN(c2cnc3sc(C(F)(F)F)nn23)C(=O)N1C. The number of alkyl halides is 3. The van der Waals surface area contributed by atoms with Gasteiger partial charge in [-0.1, -0.05) is 24.7 Å². The normalized spacial score (nSPS) is 19.7. The molecule has 0 N–H and O–H groups in total. The maximum atomic E-state index is 12.7. The van der Waals surface area contributed by atoms with Gasteiger partial charge in [0.15, 0.2) is 5.82 Å². The summed E-state index contributed by atoms with van der Waals surface area (Å²) in [6.07, 6.45) is -1.36. The Morgan fingerprint density at radius 1 is 1.45 bits per heavy atom. The number of rotatable bonds is 3. The first-order chi connectivity index (χ1) is 10.3. The molecule has 0 radical (unpaired) electrons. The molecule has 2 amide bonds. The van der Waals surface area contributed by atoms with Crippen LogP contribution in [0.1, 0.15) is 24.8 Å². The summed E-state index contributed by atoms with van der Waals surface area (Å²) in [5.74, 6) is 0.275. The lowest BCUT2D eigenvalue weighted by Crippen LogP contribution is -2.31. The van der Waals surface area contributed by atoms with Gasteiger partial charge in [0.2, 0.25) is 9.97 Å². The molecule has 0 aliphatic carbocycles. The molecule has 1 saturated heterocycles. The van der Waals surface area contributed by atoms with Crippen molar-refractivity contribution in [3.8, 4) is 0 Å². The second-order valence-corrected chi connectivity index (χ2v) is 6.12. The van der Waals surface area contributed by atoms with Gasteiger partial charge in [-0.3, -0.25) is 4.90 Å². The molecule has 0 aromatic carbocycles. The molecule has 1 aliphatic heterocycles. The smallest absolute Gasteiger partial charge is 0.323 e. The average Bonchev–Trinajstić information content (AvgIpc) is 3.07. The van der Waals surface area contributed by atoms with E-state index in [0.717, 1.165) is 17.4 Å². The van der Waals surface area contributed by atoms with Crippen LogP contribution in [-0.2, 0) is 6.18 Å². The highest BCUT2D eigenvalue weighted by Gasteiger charge is 2.39. The summed E-state index contributed by atoms with van der Waals surface area (Å²) in [5.41, 5.74) is 0. The molecule has 22 heavy (non-hydrogen) atoms. The van der Waals surface area contributed by atoms with E-state index in [9.17, 15) is 18.0 Å². The van der Waals surface area contributed by atoms with Crippen LogP contribution in [0.4, 0.5) is 23.8 Å². The predicted molar refractivity (Wildman–Crippen MR) is 75.1 cm³/mol. The summed E-state index contributed by atoms with van der Waals surface area (Å²) >= 11 is 0.461. The van der Waals surface area contributed by atoms with Crippen LogP contribution in [0.5, 0.6) is 0 Å². The highest BCUT2D eigenvalue weighted by molar-refractivity contribution is 7.16. The maximum Gasteiger partial charge on any atom is 0.445 e. The monoisotopic (exact) mass is 333 g/mol. The third kappa shape index (κ3) is 2.31. The minimum absolute atomic E-state index is 0.0452. The molecular formula is C12H14F3N5OS. The van der Waals surface area contributed by atoms with Crippen LogP contribution < -0.4 is 4.90 Å². The number of nitrogens with zero attached hydrogens (tertiary/aromatic N) is 5. The summed E-state index contributed by atoms with van der Waals surface area (Å²) in [4.78, 5) is 19.4. The van der Waals surface area contributed by atoms with E-state index in [-0.39, 0.29) is 22.9 Å². The van der Waals surface area contributed by atoms with E-state index >= 15 is 0 Å². The summed E-state index contributed by atoms with van der Waals surface area (Å²) in [6, 6.07) is -0.203. The zero-order valence-electron chi connectivity index (χ0n) is 12.0. The Balaban J connectivity index is 1.97. The summed E-state index contributed by atoms with van der Waals surface area (Å²) in [7, 11) is 1.70. The van der Waals surface area contributed by atoms with Crippen LogP contribution in [0.2, 0.25) is 0 Å². The number of hydrogen-bond donors (Lipinski definition) is 0. The fourth-order valence-corrected chi connectivity index (χ4v) is 3.29. The zero-order chi connectivity index (χ0) is 16.1. The van der Waals surface area contributed by atoms with Crippen LogP contribution in [0.15, 0.2) is 6.20 Å². The quantitative estimate of drug-likeness (QED) is 0.868. The van der Waals surface area contributed by atoms with E-state index in [0.29, 0.717) is 17.9 Å². The highest BCUT2D eigenvalue weighted by Crippen LogP contribution is 2.34. The standard InChI is InChI=1S/C12H14F3N5OS/c1-3-4-7-6-19(11(21)18(7)2)8-5-16-10-20(8)17-9(22-10)12(13,14)15/h5,7H,3-4,6H2,1-2H3. The fraction of sp³-hybridized carbons (Fsp3) is 0.583. The van der Waals surface area contributed by atoms with Gasteiger partial charge in [0, 0.05) is 13.6 Å². The van der Waals surface area contributed by atoms with Crippen molar-refractivity contribution in [2.24, 2.45) is 0 Å². The zero-order valence-corrected chi connectivity index (χ0v) is 12.8. The Labute approximate surface area is 128 Å². The Morgan fingerprint density at radius 2 is 2.18 bits per heavy atom. The van der Waals surface area contributed by atoms with Crippen LogP contribution in [0, 0.1) is 0 Å². The Kier molecular flexibility index (Phi) is 3.50. The second kappa shape index (κ2) is 5.11. The van der Waals surface area contributed by atoms with Crippen molar-refractivity contribution in [2.45, 2.75) is 32.0 Å². The van der Waals surface area contributed by atoms with Crippen LogP contribution >= 0.6 is 11.3 Å². The minimum Gasteiger partial charge on any atom is -0.323 e. The number of anilines is 1. The molecule has 1 unspecified atom stereocenters. The molecule has 1 atom stereocenters. The van der Waals surface area contributed by atoms with Gasteiger partial charge in [0.05, 0.1) is 12.2 Å². The van der Waals surface area contributed by atoms with Gasteiger partial charge in [0.1, 0.15) is 0 Å². The number of hydrogen-bond acceptors (Lipinski definition) is 4. The molecule has 2 aromatic rings. The Hall–Kier alpha value is -1.84. The van der Waals surface area contributed by atoms with Crippen LogP contribution in [0.25, 0.3) is 4.96 Å². The lowest BCUT2D eigenvalue weighted by molar-refractivity contribution is -0.138. The average molecular weight is 333 g/mol. The van der Waals surface area contributed by atoms with Crippen molar-refractivity contribution in [2.75, 3.05) is 18.5 Å². The molecule has 10 heteroatoms. The largest absolute Gasteiger partial charge is 0.445 e. The molecule has 2 aromatic heterocycles. The molecule has 0 bridgehead atoms. The first kappa shape index (κ1) is 15.1. The van der Waals surface area contributed by atoms with E-state index < -0.39 is 11.2 Å². The molecule has 1 fully saturated rings. The lowest BCUT2D eigenvalue weighted by Gasteiger charge is -2.16. The number of imidazole rings is 1. The van der Waals surface area contributed by atoms with E-state index in [1.54, 1.807) is 11.9 Å². The number of amides is 2. The van der Waals surface area contributed by atoms with Gasteiger partial charge in [-0.15, -0.1) is 5.10 Å². The molecule has 0 spiro atoms. The second-order valence-electron chi connectivity index (χ2n) is 5.16. The van der Waals surface area contributed by atoms with Crippen molar-refractivity contribution in [1.29, 1.82) is 0 Å². The maximum absolute atomic E-state index is 12.7. The van der Waals surface area contributed by atoms with E-state index in [2.05, 4.69) is 10.1 Å². The number of aromatic nitrogens is 3. The van der Waals surface area contributed by atoms with Crippen molar-refractivity contribution in [3.05, 3.63) is 11.2 Å². The summed E-state index contributed by atoms with van der Waals surface area (Å²) in [6.45, 7) is 2.45. The number of likely N-dealkylation sites (N-methyl/N-ethyl adjacent to an activating group) is 1. The van der Waals surface area contributed by atoms with Gasteiger partial charge in [-0.05, 0) is 6.42 Å². The van der Waals surface area contributed by atoms with Crippen LogP contribution in [-0.4, -0.2) is 45.2 Å². The van der Waals surface area contributed by atoms with E-state index in [1.165, 1.54) is 11.1 Å². The summed E-state index contributed by atoms with van der Waals surface area (Å²) in [5, 5.41) is 2.58. The predicted octanol–water partition coefficient (Wildman–Crippen LogP) is 2.85. The van der Waals surface area contributed by atoms with Gasteiger partial charge in [-0.2, -0.15) is 17.7 Å². The number of fused-ring (bicyclic) bond motifs is 1. The molecule has 3 heterocycles. The third-order valence-corrected chi connectivity index (χ3v) is 4.65. The van der Waals surface area contributed by atoms with Crippen molar-refractivity contribution in [3.63, 3.8) is 0 Å². The van der Waals surface area contributed by atoms with Crippen molar-refractivity contribution < 1.29 is 18.0 Å². The van der Waals surface area contributed by atoms with Crippen molar-refractivity contribution >= 4 is 28.1 Å². The minimum atomic E-state index is -4.51. The van der Waals surface area contributed by atoms with Gasteiger partial charge in [0.25, 0.3) is 0 Å². The molecule has 120 valence electrons. The molecule has 3 rings (SSSR count). The van der Waals surface area contributed by atoms with Crippen LogP contribution in [0.3, 0.4) is 0 Å². The highest BCUT2D eigenvalue weighted by atomic mass is 32.1. The van der Waals surface area contributed by atoms with Crippen molar-refractivity contribution in [1.82, 2.24) is 19.5 Å². The fourth-order valence-electron chi connectivity index (χ4n) is 2.55. The summed E-state index contributed by atoms with van der Waals surface area (Å²) < 4.78 is 39.3. The Morgan fingerprint density at radius 3 is 2.82 bits per heavy atom.